The first-order chi connectivity index (χ1) is 12.7. The molecule has 0 aromatic heterocycles. The molecule has 0 unspecified atom stereocenters. The van der Waals surface area contributed by atoms with E-state index in [0.717, 1.165) is 30.1 Å². The minimum absolute atomic E-state index is 0.707. The number of hydrogen-bond donors (Lipinski definition) is 0. The van der Waals surface area contributed by atoms with Gasteiger partial charge in [0.15, 0.2) is 5.83 Å². The molecule has 2 aliphatic carbocycles. The summed E-state index contributed by atoms with van der Waals surface area (Å²) >= 11 is 0. The molecule has 2 rings (SSSR count). The second-order valence-corrected chi connectivity index (χ2v) is 8.69. The van der Waals surface area contributed by atoms with Crippen LogP contribution in [0.25, 0.3) is 0 Å². The van der Waals surface area contributed by atoms with Crippen molar-refractivity contribution < 1.29 is 4.39 Å². The van der Waals surface area contributed by atoms with Crippen molar-refractivity contribution in [3.8, 4) is 6.07 Å². The molecule has 0 radical (unpaired) electrons. The molecule has 0 aromatic rings. The summed E-state index contributed by atoms with van der Waals surface area (Å²) in [6, 6.07) is 1.50. The van der Waals surface area contributed by atoms with E-state index in [9.17, 15) is 4.39 Å². The van der Waals surface area contributed by atoms with Crippen LogP contribution in [0.4, 0.5) is 4.39 Å². The molecule has 0 atom stereocenters. The van der Waals surface area contributed by atoms with Crippen molar-refractivity contribution in [1.29, 1.82) is 5.26 Å². The number of hydrogen-bond acceptors (Lipinski definition) is 1. The largest absolute Gasteiger partial charge is 0.199 e. The molecular formula is C24H38FN. The van der Waals surface area contributed by atoms with Crippen molar-refractivity contribution in [3.05, 3.63) is 24.1 Å². The maximum absolute atomic E-state index is 12.7. The molecule has 2 saturated carbocycles. The van der Waals surface area contributed by atoms with Crippen molar-refractivity contribution in [3.63, 3.8) is 0 Å². The Balaban J connectivity index is 1.58. The van der Waals surface area contributed by atoms with Gasteiger partial charge in [0.25, 0.3) is 0 Å². The van der Waals surface area contributed by atoms with Gasteiger partial charge >= 0.3 is 0 Å². The summed E-state index contributed by atoms with van der Waals surface area (Å²) < 4.78 is 12.7. The van der Waals surface area contributed by atoms with Crippen LogP contribution in [0.5, 0.6) is 0 Å². The summed E-state index contributed by atoms with van der Waals surface area (Å²) in [6.45, 7) is 2.30. The Morgan fingerprint density at radius 3 is 2.04 bits per heavy atom. The van der Waals surface area contributed by atoms with Crippen LogP contribution in [-0.2, 0) is 0 Å². The molecule has 2 fully saturated rings. The normalized spacial score (nSPS) is 30.4. The monoisotopic (exact) mass is 359 g/mol. The van der Waals surface area contributed by atoms with E-state index in [1.165, 1.54) is 95.6 Å². The lowest BCUT2D eigenvalue weighted by molar-refractivity contribution is 0.140. The van der Waals surface area contributed by atoms with Crippen LogP contribution in [0.15, 0.2) is 24.1 Å². The summed E-state index contributed by atoms with van der Waals surface area (Å²) in [4.78, 5) is 0. The molecule has 0 bridgehead atoms. The maximum Gasteiger partial charge on any atom is 0.199 e. The highest BCUT2D eigenvalue weighted by Crippen LogP contribution is 2.43. The van der Waals surface area contributed by atoms with Crippen LogP contribution in [-0.4, -0.2) is 0 Å². The Morgan fingerprint density at radius 1 is 0.923 bits per heavy atom. The molecule has 0 N–H and O–H groups in total. The van der Waals surface area contributed by atoms with Gasteiger partial charge in [-0.2, -0.15) is 9.65 Å². The van der Waals surface area contributed by atoms with Crippen LogP contribution >= 0.6 is 0 Å². The standard InChI is InChI=1S/C24H38FN/c1-2-3-5-8-20-11-15-22(16-12-20)23-17-13-21(14-18-23)9-6-4-7-10-24(25)19-26/h4,7,10,20-23H,2-3,5-6,8-9,11-18H2,1H3/b7-4+,24-10-. The third-order valence-electron chi connectivity index (χ3n) is 6.89. The SMILES string of the molecule is CCCCCC1CCC(C2CCC(CC/C=C/C=C(\F)C#N)CC2)CC1. The third-order valence-corrected chi connectivity index (χ3v) is 6.89. The van der Waals surface area contributed by atoms with Gasteiger partial charge in [-0.05, 0) is 68.3 Å². The van der Waals surface area contributed by atoms with Gasteiger partial charge in [0.1, 0.15) is 6.07 Å². The maximum atomic E-state index is 12.7. The smallest absolute Gasteiger partial charge is 0.195 e. The zero-order chi connectivity index (χ0) is 18.6. The Bertz CT molecular complexity index is 471. The average Bonchev–Trinajstić information content (AvgIpc) is 2.69. The minimum Gasteiger partial charge on any atom is -0.195 e. The first-order valence-electron chi connectivity index (χ1n) is 11.1. The highest BCUT2D eigenvalue weighted by molar-refractivity contribution is 5.18. The van der Waals surface area contributed by atoms with Gasteiger partial charge in [0.05, 0.1) is 0 Å². The Labute approximate surface area is 160 Å². The summed E-state index contributed by atoms with van der Waals surface area (Å²) in [5.41, 5.74) is 0. The van der Waals surface area contributed by atoms with Gasteiger partial charge in [0, 0.05) is 0 Å². The Kier molecular flexibility index (Phi) is 10.0. The van der Waals surface area contributed by atoms with Crippen molar-refractivity contribution in [1.82, 2.24) is 0 Å². The predicted molar refractivity (Wildman–Crippen MR) is 108 cm³/mol. The Morgan fingerprint density at radius 2 is 1.50 bits per heavy atom. The van der Waals surface area contributed by atoms with Gasteiger partial charge < -0.3 is 0 Å². The number of halogens is 1. The van der Waals surface area contributed by atoms with Gasteiger partial charge in [-0.15, -0.1) is 0 Å². The topological polar surface area (TPSA) is 23.8 Å². The number of rotatable bonds is 9. The highest BCUT2D eigenvalue weighted by Gasteiger charge is 2.30. The van der Waals surface area contributed by atoms with E-state index in [0.29, 0.717) is 0 Å². The second-order valence-electron chi connectivity index (χ2n) is 8.69. The molecule has 2 heteroatoms. The first-order valence-corrected chi connectivity index (χ1v) is 11.1. The van der Waals surface area contributed by atoms with E-state index in [1.54, 1.807) is 6.08 Å². The quantitative estimate of drug-likeness (QED) is 0.233. The first kappa shape index (κ1) is 21.2. The van der Waals surface area contributed by atoms with Crippen molar-refractivity contribution in [2.24, 2.45) is 23.7 Å². The number of unbranched alkanes of at least 4 members (excludes halogenated alkanes) is 2. The molecule has 2 aliphatic rings. The van der Waals surface area contributed by atoms with Crippen molar-refractivity contribution in [2.45, 2.75) is 96.8 Å². The molecule has 26 heavy (non-hydrogen) atoms. The zero-order valence-electron chi connectivity index (χ0n) is 16.8. The number of allylic oxidation sites excluding steroid dienone is 4. The molecule has 0 aliphatic heterocycles. The molecule has 0 heterocycles. The fraction of sp³-hybridized carbons (Fsp3) is 0.792. The van der Waals surface area contributed by atoms with E-state index in [2.05, 4.69) is 6.92 Å². The second kappa shape index (κ2) is 12.3. The number of nitrogens with zero attached hydrogens (tertiary/aromatic N) is 1. The lowest BCUT2D eigenvalue weighted by atomic mass is 9.68. The molecule has 1 nitrogen and oxygen atoms in total. The molecule has 0 spiro atoms. The Hall–Kier alpha value is -1.10. The predicted octanol–water partition coefficient (Wildman–Crippen LogP) is 7.89. The third kappa shape index (κ3) is 7.65. The van der Waals surface area contributed by atoms with Crippen LogP contribution in [0.2, 0.25) is 0 Å². The molecule has 146 valence electrons. The van der Waals surface area contributed by atoms with E-state index >= 15 is 0 Å². The zero-order valence-corrected chi connectivity index (χ0v) is 16.8. The fourth-order valence-corrected chi connectivity index (χ4v) is 5.20. The van der Waals surface area contributed by atoms with Crippen LogP contribution in [0.1, 0.15) is 96.8 Å². The van der Waals surface area contributed by atoms with Crippen molar-refractivity contribution in [2.75, 3.05) is 0 Å². The summed E-state index contributed by atoms with van der Waals surface area (Å²) in [5, 5.41) is 8.36. The fourth-order valence-electron chi connectivity index (χ4n) is 5.20. The highest BCUT2D eigenvalue weighted by atomic mass is 19.1. The van der Waals surface area contributed by atoms with E-state index in [1.807, 2.05) is 6.08 Å². The average molecular weight is 360 g/mol. The summed E-state index contributed by atoms with van der Waals surface area (Å²) in [7, 11) is 0. The lowest BCUT2D eigenvalue weighted by Gasteiger charge is -2.38. The van der Waals surface area contributed by atoms with Gasteiger partial charge in [-0.25, -0.2) is 0 Å². The summed E-state index contributed by atoms with van der Waals surface area (Å²) in [6.07, 6.45) is 24.5. The molecular weight excluding hydrogens is 321 g/mol. The van der Waals surface area contributed by atoms with Gasteiger partial charge in [-0.1, -0.05) is 70.4 Å². The lowest BCUT2D eigenvalue weighted by Crippen LogP contribution is -2.25. The van der Waals surface area contributed by atoms with Crippen molar-refractivity contribution >= 4 is 0 Å². The molecule has 0 amide bonds. The van der Waals surface area contributed by atoms with Crippen LogP contribution < -0.4 is 0 Å². The van der Waals surface area contributed by atoms with Gasteiger partial charge in [-0.3, -0.25) is 0 Å². The van der Waals surface area contributed by atoms with E-state index < -0.39 is 5.83 Å². The number of nitriles is 1. The van der Waals surface area contributed by atoms with Gasteiger partial charge in [0.2, 0.25) is 0 Å². The van der Waals surface area contributed by atoms with E-state index in [-0.39, 0.29) is 0 Å². The van der Waals surface area contributed by atoms with E-state index in [4.69, 9.17) is 5.26 Å². The molecule has 0 aromatic carbocycles. The van der Waals surface area contributed by atoms with Crippen LogP contribution in [0, 0.1) is 35.0 Å². The summed E-state index contributed by atoms with van der Waals surface area (Å²) in [5.74, 6) is 3.18. The minimum atomic E-state index is -0.707. The molecule has 0 saturated heterocycles. The van der Waals surface area contributed by atoms with Crippen LogP contribution in [0.3, 0.4) is 0 Å².